The molecule has 1 aliphatic rings. The highest BCUT2D eigenvalue weighted by molar-refractivity contribution is 5.64. The third-order valence-electron chi connectivity index (χ3n) is 5.26. The van der Waals surface area contributed by atoms with Crippen LogP contribution in [0.4, 0.5) is 4.39 Å². The van der Waals surface area contributed by atoms with Crippen molar-refractivity contribution in [2.45, 2.75) is 13.5 Å². The van der Waals surface area contributed by atoms with E-state index >= 15 is 0 Å². The molecule has 3 aromatic rings. The third kappa shape index (κ3) is 4.26. The van der Waals surface area contributed by atoms with Crippen molar-refractivity contribution in [3.8, 4) is 16.8 Å². The maximum absolute atomic E-state index is 13.1. The first-order valence-corrected chi connectivity index (χ1v) is 9.56. The molecule has 27 heavy (non-hydrogen) atoms. The molecule has 0 radical (unpaired) electrons. The zero-order valence-electron chi connectivity index (χ0n) is 15.7. The fraction of sp³-hybridized carbons (Fsp3) is 0.318. The predicted octanol–water partition coefficient (Wildman–Crippen LogP) is 3.82. The maximum atomic E-state index is 13.1. The van der Waals surface area contributed by atoms with E-state index in [0.29, 0.717) is 0 Å². The van der Waals surface area contributed by atoms with Gasteiger partial charge in [0.15, 0.2) is 0 Å². The normalized spacial score (nSPS) is 15.9. The minimum Gasteiger partial charge on any atom is -0.301 e. The highest BCUT2D eigenvalue weighted by Crippen LogP contribution is 2.21. The predicted molar refractivity (Wildman–Crippen MR) is 106 cm³/mol. The van der Waals surface area contributed by atoms with E-state index in [1.165, 1.54) is 17.7 Å². The van der Waals surface area contributed by atoms with Gasteiger partial charge < -0.3 is 4.90 Å². The number of piperazine rings is 1. The van der Waals surface area contributed by atoms with Gasteiger partial charge in [0.25, 0.3) is 0 Å². The molecule has 140 valence electrons. The number of aromatic nitrogens is 2. The average molecular weight is 364 g/mol. The molecule has 1 fully saturated rings. The maximum Gasteiger partial charge on any atom is 0.123 e. The summed E-state index contributed by atoms with van der Waals surface area (Å²) in [6, 6.07) is 14.8. The van der Waals surface area contributed by atoms with Crippen LogP contribution in [0.15, 0.2) is 60.9 Å². The van der Waals surface area contributed by atoms with Gasteiger partial charge in [-0.2, -0.15) is 5.10 Å². The molecule has 0 spiro atoms. The van der Waals surface area contributed by atoms with Gasteiger partial charge in [-0.3, -0.25) is 4.90 Å². The molecular formula is C22H25FN4. The summed E-state index contributed by atoms with van der Waals surface area (Å²) in [5, 5.41) is 4.53. The quantitative estimate of drug-likeness (QED) is 0.688. The molecule has 2 heterocycles. The molecule has 0 aliphatic carbocycles. The Morgan fingerprint density at radius 3 is 2.07 bits per heavy atom. The lowest BCUT2D eigenvalue weighted by molar-refractivity contribution is 0.132. The van der Waals surface area contributed by atoms with Gasteiger partial charge in [-0.25, -0.2) is 9.07 Å². The molecule has 1 saturated heterocycles. The van der Waals surface area contributed by atoms with Crippen LogP contribution in [0.25, 0.3) is 16.8 Å². The minimum absolute atomic E-state index is 0.212. The van der Waals surface area contributed by atoms with Crippen LogP contribution in [0, 0.1) is 5.82 Å². The number of rotatable bonds is 5. The largest absolute Gasteiger partial charge is 0.301 e. The fourth-order valence-corrected chi connectivity index (χ4v) is 3.55. The second kappa shape index (κ2) is 8.03. The Kier molecular flexibility index (Phi) is 5.32. The second-order valence-corrected chi connectivity index (χ2v) is 7.06. The van der Waals surface area contributed by atoms with Gasteiger partial charge in [0.1, 0.15) is 5.82 Å². The summed E-state index contributed by atoms with van der Waals surface area (Å²) in [5.41, 5.74) is 4.35. The standard InChI is InChI=1S/C22H25FN4/c1-2-25-11-13-26(14-12-25)16-18-15-24-27(17-18)22-9-5-20(6-10-22)19-3-7-21(23)8-4-19/h3-10,15,17H,2,11-14,16H2,1H3. The van der Waals surface area contributed by atoms with Crippen LogP contribution in [0.2, 0.25) is 0 Å². The van der Waals surface area contributed by atoms with Crippen LogP contribution < -0.4 is 0 Å². The lowest BCUT2D eigenvalue weighted by atomic mass is 10.1. The molecule has 0 bridgehead atoms. The van der Waals surface area contributed by atoms with Crippen molar-refractivity contribution in [2.24, 2.45) is 0 Å². The summed E-state index contributed by atoms with van der Waals surface area (Å²) in [4.78, 5) is 4.98. The molecule has 0 saturated carbocycles. The topological polar surface area (TPSA) is 24.3 Å². The first kappa shape index (κ1) is 17.9. The van der Waals surface area contributed by atoms with Crippen LogP contribution in [0.5, 0.6) is 0 Å². The van der Waals surface area contributed by atoms with Crippen LogP contribution in [0.1, 0.15) is 12.5 Å². The van der Waals surface area contributed by atoms with E-state index in [0.717, 1.165) is 56.1 Å². The molecule has 4 rings (SSSR count). The van der Waals surface area contributed by atoms with Crippen LogP contribution >= 0.6 is 0 Å². The van der Waals surface area contributed by atoms with Crippen molar-refractivity contribution >= 4 is 0 Å². The van der Waals surface area contributed by atoms with E-state index < -0.39 is 0 Å². The summed E-state index contributed by atoms with van der Waals surface area (Å²) in [5.74, 6) is -0.212. The van der Waals surface area contributed by atoms with E-state index in [2.05, 4.69) is 40.2 Å². The number of hydrogen-bond acceptors (Lipinski definition) is 3. The van der Waals surface area contributed by atoms with Crippen LogP contribution in [-0.4, -0.2) is 52.3 Å². The molecule has 0 amide bonds. The zero-order valence-corrected chi connectivity index (χ0v) is 15.7. The third-order valence-corrected chi connectivity index (χ3v) is 5.26. The van der Waals surface area contributed by atoms with E-state index in [1.807, 2.05) is 23.0 Å². The average Bonchev–Trinajstić information content (AvgIpc) is 3.18. The molecule has 2 aromatic carbocycles. The fourth-order valence-electron chi connectivity index (χ4n) is 3.55. The molecule has 0 unspecified atom stereocenters. The van der Waals surface area contributed by atoms with Gasteiger partial charge >= 0.3 is 0 Å². The molecule has 1 aliphatic heterocycles. The van der Waals surface area contributed by atoms with Crippen LogP contribution in [-0.2, 0) is 6.54 Å². The number of hydrogen-bond donors (Lipinski definition) is 0. The second-order valence-electron chi connectivity index (χ2n) is 7.06. The number of nitrogens with zero attached hydrogens (tertiary/aromatic N) is 4. The Morgan fingerprint density at radius 2 is 1.44 bits per heavy atom. The summed E-state index contributed by atoms with van der Waals surface area (Å²) >= 11 is 0. The molecule has 0 N–H and O–H groups in total. The van der Waals surface area contributed by atoms with Gasteiger partial charge in [-0.05, 0) is 41.9 Å². The summed E-state index contributed by atoms with van der Waals surface area (Å²) < 4.78 is 15.0. The van der Waals surface area contributed by atoms with Crippen molar-refractivity contribution in [2.75, 3.05) is 32.7 Å². The Bertz CT molecular complexity index is 862. The Hall–Kier alpha value is -2.50. The van der Waals surface area contributed by atoms with Crippen molar-refractivity contribution in [3.05, 3.63) is 72.3 Å². The number of likely N-dealkylation sites (N-methyl/N-ethyl adjacent to an activating group) is 1. The Balaban J connectivity index is 1.41. The van der Waals surface area contributed by atoms with E-state index in [1.54, 1.807) is 12.1 Å². The van der Waals surface area contributed by atoms with Gasteiger partial charge in [-0.1, -0.05) is 31.2 Å². The van der Waals surface area contributed by atoms with Crippen molar-refractivity contribution in [1.82, 2.24) is 19.6 Å². The van der Waals surface area contributed by atoms with Crippen molar-refractivity contribution < 1.29 is 4.39 Å². The van der Waals surface area contributed by atoms with E-state index in [9.17, 15) is 4.39 Å². The highest BCUT2D eigenvalue weighted by atomic mass is 19.1. The molecular weight excluding hydrogens is 339 g/mol. The Labute approximate surface area is 159 Å². The summed E-state index contributed by atoms with van der Waals surface area (Å²) in [6.07, 6.45) is 4.07. The first-order valence-electron chi connectivity index (χ1n) is 9.56. The first-order chi connectivity index (χ1) is 13.2. The molecule has 1 aromatic heterocycles. The van der Waals surface area contributed by atoms with Gasteiger partial charge in [0.05, 0.1) is 11.9 Å². The summed E-state index contributed by atoms with van der Waals surface area (Å²) in [6.45, 7) is 8.84. The monoisotopic (exact) mass is 364 g/mol. The summed E-state index contributed by atoms with van der Waals surface area (Å²) in [7, 11) is 0. The van der Waals surface area contributed by atoms with Gasteiger partial charge in [0.2, 0.25) is 0 Å². The molecule has 5 heteroatoms. The van der Waals surface area contributed by atoms with Crippen LogP contribution in [0.3, 0.4) is 0 Å². The van der Waals surface area contributed by atoms with Gasteiger partial charge in [-0.15, -0.1) is 0 Å². The zero-order chi connectivity index (χ0) is 18.6. The van der Waals surface area contributed by atoms with Gasteiger partial charge in [0, 0.05) is 44.5 Å². The van der Waals surface area contributed by atoms with Crippen molar-refractivity contribution in [3.63, 3.8) is 0 Å². The number of benzene rings is 2. The smallest absolute Gasteiger partial charge is 0.123 e. The minimum atomic E-state index is -0.212. The van der Waals surface area contributed by atoms with E-state index in [-0.39, 0.29) is 5.82 Å². The van der Waals surface area contributed by atoms with E-state index in [4.69, 9.17) is 0 Å². The highest BCUT2D eigenvalue weighted by Gasteiger charge is 2.16. The lowest BCUT2D eigenvalue weighted by Gasteiger charge is -2.33. The SMILES string of the molecule is CCN1CCN(Cc2cnn(-c3ccc(-c4ccc(F)cc4)cc3)c2)CC1. The molecule has 4 nitrogen and oxygen atoms in total. The van der Waals surface area contributed by atoms with Crippen molar-refractivity contribution in [1.29, 1.82) is 0 Å². The number of halogens is 1. The Morgan fingerprint density at radius 1 is 0.852 bits per heavy atom. The lowest BCUT2D eigenvalue weighted by Crippen LogP contribution is -2.45. The molecule has 0 atom stereocenters.